The number of rotatable bonds is 5. The van der Waals surface area contributed by atoms with Crippen LogP contribution in [-0.4, -0.2) is 41.7 Å². The van der Waals surface area contributed by atoms with Crippen LogP contribution in [0.25, 0.3) is 5.57 Å². The van der Waals surface area contributed by atoms with Gasteiger partial charge in [-0.05, 0) is 60.7 Å². The van der Waals surface area contributed by atoms with Crippen LogP contribution in [0.3, 0.4) is 0 Å². The van der Waals surface area contributed by atoms with E-state index in [9.17, 15) is 5.11 Å². The first-order valence-electron chi connectivity index (χ1n) is 11.7. The molecule has 2 aliphatic heterocycles. The zero-order chi connectivity index (χ0) is 23.5. The second-order valence-electron chi connectivity index (χ2n) is 8.94. The second-order valence-corrected chi connectivity index (χ2v) is 9.37. The predicted molar refractivity (Wildman–Crippen MR) is 134 cm³/mol. The molecule has 0 atom stereocenters. The van der Waals surface area contributed by atoms with Crippen molar-refractivity contribution in [3.05, 3.63) is 94.3 Å². The number of methoxy groups -OCH3 is 1. The van der Waals surface area contributed by atoms with Gasteiger partial charge in [0.15, 0.2) is 0 Å². The standard InChI is InChI=1S/C28H29ClN2O3/c1-33-22-10-11-25-23(24-4-2-14-30-26(24)19-34-27(25)18-22)5-3-15-31-16-12-28(32,13-17-31)20-6-8-21(29)9-7-20/h2,4-11,14,18,32H,3,12-13,15-17,19H2,1H3. The van der Waals surface area contributed by atoms with Crippen LogP contribution in [0, 0.1) is 0 Å². The van der Waals surface area contributed by atoms with Gasteiger partial charge in [-0.15, -0.1) is 0 Å². The summed E-state index contributed by atoms with van der Waals surface area (Å²) in [6, 6.07) is 17.6. The van der Waals surface area contributed by atoms with Gasteiger partial charge in [-0.1, -0.05) is 35.9 Å². The van der Waals surface area contributed by atoms with Gasteiger partial charge in [0.05, 0.1) is 18.4 Å². The number of halogens is 1. The summed E-state index contributed by atoms with van der Waals surface area (Å²) in [5.74, 6) is 1.59. The summed E-state index contributed by atoms with van der Waals surface area (Å²) in [5.41, 5.74) is 4.43. The number of fused-ring (bicyclic) bond motifs is 2. The number of piperidine rings is 1. The third-order valence-electron chi connectivity index (χ3n) is 6.88. The van der Waals surface area contributed by atoms with Crippen molar-refractivity contribution in [2.24, 2.45) is 0 Å². The van der Waals surface area contributed by atoms with E-state index in [0.29, 0.717) is 24.5 Å². The van der Waals surface area contributed by atoms with Crippen LogP contribution in [0.1, 0.15) is 41.6 Å². The molecule has 1 N–H and O–H groups in total. The minimum Gasteiger partial charge on any atom is -0.497 e. The van der Waals surface area contributed by atoms with E-state index < -0.39 is 5.60 Å². The van der Waals surface area contributed by atoms with Gasteiger partial charge in [-0.2, -0.15) is 0 Å². The molecule has 3 heterocycles. The normalized spacial score (nSPS) is 18.5. The molecular formula is C28H29ClN2O3. The minimum absolute atomic E-state index is 0.434. The molecule has 0 radical (unpaired) electrons. The minimum atomic E-state index is -0.777. The van der Waals surface area contributed by atoms with Crippen molar-refractivity contribution in [3.8, 4) is 11.5 Å². The number of aliphatic hydroxyl groups is 1. The first kappa shape index (κ1) is 22.9. The molecular weight excluding hydrogens is 448 g/mol. The molecule has 0 aliphatic carbocycles. The van der Waals surface area contributed by atoms with Crippen LogP contribution in [0.4, 0.5) is 0 Å². The summed E-state index contributed by atoms with van der Waals surface area (Å²) < 4.78 is 11.5. The first-order valence-corrected chi connectivity index (χ1v) is 12.1. The number of pyridine rings is 1. The molecule has 0 amide bonds. The van der Waals surface area contributed by atoms with Gasteiger partial charge in [0.2, 0.25) is 0 Å². The smallest absolute Gasteiger partial charge is 0.131 e. The molecule has 6 heteroatoms. The van der Waals surface area contributed by atoms with Crippen molar-refractivity contribution in [2.45, 2.75) is 31.5 Å². The predicted octanol–water partition coefficient (Wildman–Crippen LogP) is 5.44. The Morgan fingerprint density at radius 2 is 1.91 bits per heavy atom. The number of nitrogens with zero attached hydrogens (tertiary/aromatic N) is 2. The number of hydrogen-bond donors (Lipinski definition) is 1. The van der Waals surface area contributed by atoms with Gasteiger partial charge in [0, 0.05) is 48.0 Å². The SMILES string of the molecule is COc1ccc2c(c1)OCc1ncccc1C2=CCCN1CCC(O)(c2ccc(Cl)cc2)CC1. The van der Waals surface area contributed by atoms with Gasteiger partial charge in [0.1, 0.15) is 18.1 Å². The van der Waals surface area contributed by atoms with E-state index in [2.05, 4.69) is 28.1 Å². The monoisotopic (exact) mass is 476 g/mol. The third kappa shape index (κ3) is 4.69. The third-order valence-corrected chi connectivity index (χ3v) is 7.13. The van der Waals surface area contributed by atoms with Crippen molar-refractivity contribution in [1.29, 1.82) is 0 Å². The highest BCUT2D eigenvalue weighted by molar-refractivity contribution is 6.30. The van der Waals surface area contributed by atoms with Crippen molar-refractivity contribution in [3.63, 3.8) is 0 Å². The van der Waals surface area contributed by atoms with E-state index in [1.165, 1.54) is 0 Å². The van der Waals surface area contributed by atoms with Gasteiger partial charge in [-0.3, -0.25) is 4.98 Å². The van der Waals surface area contributed by atoms with E-state index in [0.717, 1.165) is 65.5 Å². The van der Waals surface area contributed by atoms with Crippen molar-refractivity contribution < 1.29 is 14.6 Å². The summed E-state index contributed by atoms with van der Waals surface area (Å²) in [5, 5.41) is 11.9. The largest absolute Gasteiger partial charge is 0.497 e. The maximum Gasteiger partial charge on any atom is 0.131 e. The fourth-order valence-corrected chi connectivity index (χ4v) is 4.99. The van der Waals surface area contributed by atoms with Crippen LogP contribution in [0.2, 0.25) is 5.02 Å². The van der Waals surface area contributed by atoms with E-state index in [4.69, 9.17) is 21.1 Å². The lowest BCUT2D eigenvalue weighted by atomic mass is 9.84. The number of likely N-dealkylation sites (tertiary alicyclic amines) is 1. The van der Waals surface area contributed by atoms with E-state index >= 15 is 0 Å². The molecule has 176 valence electrons. The lowest BCUT2D eigenvalue weighted by Gasteiger charge is -2.38. The Morgan fingerprint density at radius 1 is 1.12 bits per heavy atom. The van der Waals surface area contributed by atoms with Gasteiger partial charge in [0.25, 0.3) is 0 Å². The number of benzene rings is 2. The van der Waals surface area contributed by atoms with Crippen LogP contribution in [-0.2, 0) is 12.2 Å². The molecule has 34 heavy (non-hydrogen) atoms. The summed E-state index contributed by atoms with van der Waals surface area (Å²) in [6.45, 7) is 3.08. The molecule has 0 unspecified atom stereocenters. The first-order chi connectivity index (χ1) is 16.6. The molecule has 3 aromatic rings. The Bertz CT molecular complexity index is 1180. The van der Waals surface area contributed by atoms with Crippen LogP contribution < -0.4 is 9.47 Å². The molecule has 0 spiro atoms. The number of ether oxygens (including phenoxy) is 2. The van der Waals surface area contributed by atoms with Crippen LogP contribution in [0.5, 0.6) is 11.5 Å². The van der Waals surface area contributed by atoms with E-state index in [1.807, 2.05) is 48.7 Å². The Balaban J connectivity index is 1.30. The Morgan fingerprint density at radius 3 is 2.68 bits per heavy atom. The molecule has 1 saturated heterocycles. The highest BCUT2D eigenvalue weighted by atomic mass is 35.5. The van der Waals surface area contributed by atoms with Gasteiger partial charge in [-0.25, -0.2) is 0 Å². The molecule has 5 rings (SSSR count). The summed E-state index contributed by atoms with van der Waals surface area (Å²) in [6.07, 6.45) is 6.43. The molecule has 2 aromatic carbocycles. The summed E-state index contributed by atoms with van der Waals surface area (Å²) in [7, 11) is 1.66. The molecule has 2 aliphatic rings. The highest BCUT2D eigenvalue weighted by Gasteiger charge is 2.33. The number of aromatic nitrogens is 1. The molecule has 1 aromatic heterocycles. The fraction of sp³-hybridized carbons (Fsp3) is 0.321. The summed E-state index contributed by atoms with van der Waals surface area (Å²) >= 11 is 6.02. The van der Waals surface area contributed by atoms with Crippen molar-refractivity contribution in [2.75, 3.05) is 26.7 Å². The maximum absolute atomic E-state index is 11.2. The second kappa shape index (κ2) is 9.79. The topological polar surface area (TPSA) is 54.8 Å². The lowest BCUT2D eigenvalue weighted by Crippen LogP contribution is -2.42. The summed E-state index contributed by atoms with van der Waals surface area (Å²) in [4.78, 5) is 6.98. The Hall–Kier alpha value is -2.86. The molecule has 0 bridgehead atoms. The zero-order valence-electron chi connectivity index (χ0n) is 19.3. The van der Waals surface area contributed by atoms with Crippen molar-refractivity contribution in [1.82, 2.24) is 9.88 Å². The van der Waals surface area contributed by atoms with Crippen molar-refractivity contribution >= 4 is 17.2 Å². The molecule has 1 fully saturated rings. The zero-order valence-corrected chi connectivity index (χ0v) is 20.1. The van der Waals surface area contributed by atoms with Crippen LogP contribution in [0.15, 0.2) is 66.9 Å². The highest BCUT2D eigenvalue weighted by Crippen LogP contribution is 2.38. The fourth-order valence-electron chi connectivity index (χ4n) is 4.87. The van der Waals surface area contributed by atoms with Gasteiger partial charge < -0.3 is 19.5 Å². The quantitative estimate of drug-likeness (QED) is 0.531. The Kier molecular flexibility index (Phi) is 6.59. The average molecular weight is 477 g/mol. The number of hydrogen-bond acceptors (Lipinski definition) is 5. The van der Waals surface area contributed by atoms with E-state index in [-0.39, 0.29) is 0 Å². The van der Waals surface area contributed by atoms with Crippen LogP contribution >= 0.6 is 11.6 Å². The van der Waals surface area contributed by atoms with E-state index in [1.54, 1.807) is 7.11 Å². The molecule has 5 nitrogen and oxygen atoms in total. The molecule has 0 saturated carbocycles. The van der Waals surface area contributed by atoms with Gasteiger partial charge >= 0.3 is 0 Å². The average Bonchev–Trinajstić information content (AvgIpc) is 3.02. The Labute approximate surface area is 205 Å². The lowest BCUT2D eigenvalue weighted by molar-refractivity contribution is -0.0254. The maximum atomic E-state index is 11.2.